The molecule has 0 bridgehead atoms. The summed E-state index contributed by atoms with van der Waals surface area (Å²) in [5, 5.41) is 10.4. The second-order valence-electron chi connectivity index (χ2n) is 11.9. The Hall–Kier alpha value is -3.63. The summed E-state index contributed by atoms with van der Waals surface area (Å²) in [6.45, 7) is 16.1. The third-order valence-electron chi connectivity index (χ3n) is 7.79. The molecular formula is C35H54N4O6. The number of hydrogen-bond acceptors (Lipinski definition) is 7. The van der Waals surface area contributed by atoms with Gasteiger partial charge in [0.15, 0.2) is 0 Å². The van der Waals surface area contributed by atoms with Gasteiger partial charge in [-0.1, -0.05) is 35.4 Å². The molecule has 2 atom stereocenters. The number of aliphatic carboxylic acids is 1. The van der Waals surface area contributed by atoms with Gasteiger partial charge in [0.1, 0.15) is 11.5 Å². The number of nitrogens with zero attached hydrogens (tertiary/aromatic N) is 3. The van der Waals surface area contributed by atoms with E-state index in [2.05, 4.69) is 53.2 Å². The third-order valence-corrected chi connectivity index (χ3v) is 7.79. The lowest BCUT2D eigenvalue weighted by Gasteiger charge is -2.23. The average molecular weight is 627 g/mol. The van der Waals surface area contributed by atoms with Crippen molar-refractivity contribution in [3.05, 3.63) is 59.7 Å². The molecule has 0 aliphatic carbocycles. The number of hydrogen-bond donors (Lipinski definition) is 2. The number of carboxylic acid groups (broad SMARTS) is 1. The van der Waals surface area contributed by atoms with Crippen molar-refractivity contribution in [3.63, 3.8) is 0 Å². The minimum atomic E-state index is -0.833. The number of benzene rings is 2. The number of likely N-dealkylation sites (N-methyl/N-ethyl adjacent to an activating group) is 1. The van der Waals surface area contributed by atoms with Crippen LogP contribution in [0.3, 0.4) is 0 Å². The molecule has 2 aromatic carbocycles. The number of likely N-dealkylation sites (tertiary alicyclic amines) is 2. The van der Waals surface area contributed by atoms with Gasteiger partial charge < -0.3 is 34.6 Å². The quantitative estimate of drug-likeness (QED) is 0.334. The smallest absolute Gasteiger partial charge is 0.300 e. The molecular weight excluding hydrogens is 572 g/mol. The lowest BCUT2D eigenvalue weighted by atomic mass is 10.2. The summed E-state index contributed by atoms with van der Waals surface area (Å²) < 4.78 is 11.5. The average Bonchev–Trinajstić information content (AvgIpc) is 3.64. The fourth-order valence-electron chi connectivity index (χ4n) is 5.25. The van der Waals surface area contributed by atoms with E-state index in [0.717, 1.165) is 96.6 Å². The first-order valence-electron chi connectivity index (χ1n) is 16.0. The highest BCUT2D eigenvalue weighted by molar-refractivity contribution is 5.73. The van der Waals surface area contributed by atoms with E-state index in [1.165, 1.54) is 11.1 Å². The van der Waals surface area contributed by atoms with E-state index in [1.54, 1.807) is 13.8 Å². The number of carboxylic acids is 1. The first-order chi connectivity index (χ1) is 21.4. The molecule has 0 aromatic heterocycles. The molecule has 2 saturated heterocycles. The second kappa shape index (κ2) is 20.4. The Morgan fingerprint density at radius 1 is 0.800 bits per heavy atom. The Morgan fingerprint density at radius 2 is 1.24 bits per heavy atom. The van der Waals surface area contributed by atoms with Crippen LogP contribution in [-0.2, 0) is 14.4 Å². The molecule has 250 valence electrons. The predicted molar refractivity (Wildman–Crippen MR) is 178 cm³/mol. The number of carbonyl (C=O) groups is 3. The molecule has 2 heterocycles. The number of aryl methyl sites for hydroxylation is 2. The summed E-state index contributed by atoms with van der Waals surface area (Å²) in [5.74, 6) is 1.27. The van der Waals surface area contributed by atoms with E-state index in [4.69, 9.17) is 19.4 Å². The summed E-state index contributed by atoms with van der Waals surface area (Å²) in [7, 11) is 1.90. The highest BCUT2D eigenvalue weighted by atomic mass is 16.5. The van der Waals surface area contributed by atoms with Crippen LogP contribution in [0.15, 0.2) is 48.5 Å². The van der Waals surface area contributed by atoms with Gasteiger partial charge in [0, 0.05) is 79.2 Å². The van der Waals surface area contributed by atoms with E-state index in [1.807, 2.05) is 36.2 Å². The number of nitrogens with one attached hydrogen (secondary N) is 1. The molecule has 45 heavy (non-hydrogen) atoms. The Bertz CT molecular complexity index is 1150. The molecule has 2 aliphatic heterocycles. The molecule has 2 fully saturated rings. The normalized spacial score (nSPS) is 17.7. The van der Waals surface area contributed by atoms with Crippen molar-refractivity contribution in [2.45, 2.75) is 72.4 Å². The Morgan fingerprint density at radius 3 is 1.69 bits per heavy atom. The maximum absolute atomic E-state index is 11.4. The predicted octanol–water partition coefficient (Wildman–Crippen LogP) is 4.38. The van der Waals surface area contributed by atoms with Crippen molar-refractivity contribution in [1.82, 2.24) is 20.0 Å². The molecule has 2 amide bonds. The molecule has 2 aromatic rings. The van der Waals surface area contributed by atoms with Gasteiger partial charge in [-0.05, 0) is 63.8 Å². The van der Waals surface area contributed by atoms with Crippen LogP contribution in [0.5, 0.6) is 11.5 Å². The van der Waals surface area contributed by atoms with E-state index in [-0.39, 0.29) is 11.8 Å². The highest BCUT2D eigenvalue weighted by Gasteiger charge is 2.26. The van der Waals surface area contributed by atoms with Crippen LogP contribution >= 0.6 is 0 Å². The molecule has 4 rings (SSSR count). The number of ether oxygens (including phenoxy) is 2. The van der Waals surface area contributed by atoms with Crippen molar-refractivity contribution in [2.75, 3.05) is 59.5 Å². The van der Waals surface area contributed by atoms with Crippen molar-refractivity contribution in [1.29, 1.82) is 0 Å². The van der Waals surface area contributed by atoms with Crippen LogP contribution < -0.4 is 14.8 Å². The SMILES string of the molecule is CC(=O)N(C)C1CCN(CCCOc2ccc(C)cc2)C1.CC(=O)NC1CCN(CCCOc2ccc(C)cc2)C1.CC(=O)O. The molecule has 10 heteroatoms. The summed E-state index contributed by atoms with van der Waals surface area (Å²) in [4.78, 5) is 38.0. The second-order valence-corrected chi connectivity index (χ2v) is 11.9. The van der Waals surface area contributed by atoms with Gasteiger partial charge in [0.05, 0.1) is 13.2 Å². The van der Waals surface area contributed by atoms with Crippen LogP contribution in [-0.4, -0.2) is 109 Å². The molecule has 0 radical (unpaired) electrons. The summed E-state index contributed by atoms with van der Waals surface area (Å²) in [6, 6.07) is 17.0. The zero-order chi connectivity index (χ0) is 33.2. The molecule has 10 nitrogen and oxygen atoms in total. The number of rotatable bonds is 12. The van der Waals surface area contributed by atoms with Gasteiger partial charge in [0.25, 0.3) is 5.97 Å². The van der Waals surface area contributed by atoms with Crippen molar-refractivity contribution in [3.8, 4) is 11.5 Å². The monoisotopic (exact) mass is 626 g/mol. The lowest BCUT2D eigenvalue weighted by molar-refractivity contribution is -0.134. The van der Waals surface area contributed by atoms with E-state index < -0.39 is 5.97 Å². The van der Waals surface area contributed by atoms with Crippen LogP contribution in [0.25, 0.3) is 0 Å². The van der Waals surface area contributed by atoms with E-state index >= 15 is 0 Å². The number of carbonyl (C=O) groups excluding carboxylic acids is 2. The highest BCUT2D eigenvalue weighted by Crippen LogP contribution is 2.16. The fraction of sp³-hybridized carbons (Fsp3) is 0.571. The summed E-state index contributed by atoms with van der Waals surface area (Å²) >= 11 is 0. The largest absolute Gasteiger partial charge is 0.494 e. The zero-order valence-electron chi connectivity index (χ0n) is 28.1. The third kappa shape index (κ3) is 16.3. The van der Waals surface area contributed by atoms with Crippen molar-refractivity contribution >= 4 is 17.8 Å². The summed E-state index contributed by atoms with van der Waals surface area (Å²) in [5.41, 5.74) is 2.50. The van der Waals surface area contributed by atoms with Gasteiger partial charge in [0.2, 0.25) is 11.8 Å². The maximum atomic E-state index is 11.4. The fourth-order valence-corrected chi connectivity index (χ4v) is 5.25. The van der Waals surface area contributed by atoms with Crippen LogP contribution in [0.1, 0.15) is 57.6 Å². The van der Waals surface area contributed by atoms with Crippen LogP contribution in [0.2, 0.25) is 0 Å². The Labute approximate surface area is 269 Å². The lowest BCUT2D eigenvalue weighted by Crippen LogP contribution is -2.37. The van der Waals surface area contributed by atoms with E-state index in [9.17, 15) is 9.59 Å². The molecule has 0 saturated carbocycles. The first-order valence-corrected chi connectivity index (χ1v) is 16.0. The van der Waals surface area contributed by atoms with Crippen molar-refractivity contribution in [2.24, 2.45) is 0 Å². The molecule has 2 unspecified atom stereocenters. The standard InChI is InChI=1S/C17H26N2O2.C16H24N2O2.C2H4O2/c1-14-5-7-17(8-6-14)21-12-4-10-19-11-9-16(13-19)18(3)15(2)20;1-13-4-6-16(7-5-13)20-11-3-9-18-10-8-15(12-18)17-14(2)19;1-2(3)4/h5-8,16H,4,9-13H2,1-3H3;4-7,15H,3,8-12H2,1-2H3,(H,17,19);1H3,(H,3,4). The van der Waals surface area contributed by atoms with Gasteiger partial charge >= 0.3 is 0 Å². The first kappa shape index (κ1) is 37.6. The minimum Gasteiger partial charge on any atom is -0.494 e. The molecule has 0 spiro atoms. The maximum Gasteiger partial charge on any atom is 0.300 e. The van der Waals surface area contributed by atoms with Crippen LogP contribution in [0.4, 0.5) is 0 Å². The van der Waals surface area contributed by atoms with Crippen LogP contribution in [0, 0.1) is 13.8 Å². The minimum absolute atomic E-state index is 0.0690. The Balaban J connectivity index is 0.000000281. The number of amides is 2. The topological polar surface area (TPSA) is 112 Å². The molecule has 2 aliphatic rings. The molecule has 2 N–H and O–H groups in total. The van der Waals surface area contributed by atoms with E-state index in [0.29, 0.717) is 12.1 Å². The Kier molecular flexibility index (Phi) is 17.0. The van der Waals surface area contributed by atoms with Gasteiger partial charge in [-0.15, -0.1) is 0 Å². The van der Waals surface area contributed by atoms with Gasteiger partial charge in [-0.3, -0.25) is 14.4 Å². The van der Waals surface area contributed by atoms with Crippen molar-refractivity contribution < 1.29 is 29.0 Å². The zero-order valence-corrected chi connectivity index (χ0v) is 28.1. The van der Waals surface area contributed by atoms with Gasteiger partial charge in [-0.2, -0.15) is 0 Å². The van der Waals surface area contributed by atoms with Gasteiger partial charge in [-0.25, -0.2) is 0 Å². The summed E-state index contributed by atoms with van der Waals surface area (Å²) in [6.07, 6.45) is 4.17.